The first-order valence-corrected chi connectivity index (χ1v) is 4.33. The summed E-state index contributed by atoms with van der Waals surface area (Å²) in [6, 6.07) is 0.00657. The zero-order valence-electron chi connectivity index (χ0n) is 6.19. The second-order valence-corrected chi connectivity index (χ2v) is 3.44. The Bertz CT molecular complexity index is 360. The van der Waals surface area contributed by atoms with Gasteiger partial charge in [0.15, 0.2) is 0 Å². The van der Waals surface area contributed by atoms with Gasteiger partial charge in [0.1, 0.15) is 10.7 Å². The van der Waals surface area contributed by atoms with Crippen LogP contribution in [0.3, 0.4) is 0 Å². The highest BCUT2D eigenvalue weighted by atomic mass is 32.1. The molecule has 2 aromatic heterocycles. The molecule has 0 aromatic carbocycles. The van der Waals surface area contributed by atoms with Crippen LogP contribution >= 0.6 is 11.3 Å². The number of nitrogens with two attached hydrogens (primary N) is 1. The average Bonchev–Trinajstić information content (AvgIpc) is 2.41. The van der Waals surface area contributed by atoms with Crippen molar-refractivity contribution in [3.8, 4) is 0 Å². The van der Waals surface area contributed by atoms with Crippen LogP contribution in [0.15, 0.2) is 17.8 Å². The summed E-state index contributed by atoms with van der Waals surface area (Å²) in [7, 11) is 0. The minimum absolute atomic E-state index is 0.00657. The van der Waals surface area contributed by atoms with Crippen LogP contribution in [0.2, 0.25) is 0 Å². The molecule has 58 valence electrons. The van der Waals surface area contributed by atoms with Crippen LogP contribution in [-0.4, -0.2) is 9.38 Å². The molecule has 0 radical (unpaired) electrons. The van der Waals surface area contributed by atoms with E-state index in [0.717, 1.165) is 10.7 Å². The predicted octanol–water partition coefficient (Wildman–Crippen LogP) is 1.42. The van der Waals surface area contributed by atoms with E-state index in [1.165, 1.54) is 0 Å². The topological polar surface area (TPSA) is 43.3 Å². The van der Waals surface area contributed by atoms with E-state index in [1.54, 1.807) is 11.3 Å². The first-order valence-electron chi connectivity index (χ1n) is 3.45. The minimum Gasteiger partial charge on any atom is -0.322 e. The Labute approximate surface area is 68.5 Å². The van der Waals surface area contributed by atoms with Crippen molar-refractivity contribution in [2.75, 3.05) is 0 Å². The number of nitrogens with zero attached hydrogens (tertiary/aromatic N) is 2. The Morgan fingerprint density at radius 2 is 2.55 bits per heavy atom. The summed E-state index contributed by atoms with van der Waals surface area (Å²) in [5.41, 5.74) is 5.70. The van der Waals surface area contributed by atoms with Crippen molar-refractivity contribution in [3.05, 3.63) is 23.6 Å². The Morgan fingerprint density at radius 1 is 1.73 bits per heavy atom. The standard InChI is InChI=1S/C7H9N3S/c1-5(8)7-9-4-6-10(7)2-3-11-6/h2-5H,8H2,1H3. The highest BCUT2D eigenvalue weighted by Crippen LogP contribution is 2.16. The fourth-order valence-corrected chi connectivity index (χ4v) is 1.80. The van der Waals surface area contributed by atoms with Gasteiger partial charge in [-0.05, 0) is 6.92 Å². The summed E-state index contributed by atoms with van der Waals surface area (Å²) < 4.78 is 2.02. The van der Waals surface area contributed by atoms with Gasteiger partial charge in [-0.3, -0.25) is 4.40 Å². The van der Waals surface area contributed by atoms with E-state index in [0.29, 0.717) is 0 Å². The van der Waals surface area contributed by atoms with Crippen LogP contribution in [0.1, 0.15) is 18.8 Å². The predicted molar refractivity (Wildman–Crippen MR) is 45.7 cm³/mol. The minimum atomic E-state index is 0.00657. The fourth-order valence-electron chi connectivity index (χ4n) is 1.09. The highest BCUT2D eigenvalue weighted by molar-refractivity contribution is 7.15. The molecule has 0 fully saturated rings. The first kappa shape index (κ1) is 6.82. The molecule has 0 saturated carbocycles. The molecule has 0 aliphatic heterocycles. The maximum Gasteiger partial charge on any atom is 0.130 e. The summed E-state index contributed by atoms with van der Waals surface area (Å²) >= 11 is 1.67. The Hall–Kier alpha value is -0.870. The molecule has 3 nitrogen and oxygen atoms in total. The Balaban J connectivity index is 2.68. The third-order valence-electron chi connectivity index (χ3n) is 1.60. The molecule has 0 aliphatic carbocycles. The van der Waals surface area contributed by atoms with Gasteiger partial charge < -0.3 is 5.73 Å². The number of imidazole rings is 1. The third-order valence-corrected chi connectivity index (χ3v) is 2.40. The van der Waals surface area contributed by atoms with E-state index in [-0.39, 0.29) is 6.04 Å². The van der Waals surface area contributed by atoms with Crippen molar-refractivity contribution in [1.29, 1.82) is 0 Å². The van der Waals surface area contributed by atoms with E-state index in [4.69, 9.17) is 5.73 Å². The third kappa shape index (κ3) is 0.948. The first-order chi connectivity index (χ1) is 5.29. The van der Waals surface area contributed by atoms with Gasteiger partial charge in [0.2, 0.25) is 0 Å². The lowest BCUT2D eigenvalue weighted by molar-refractivity contribution is 0.737. The smallest absolute Gasteiger partial charge is 0.130 e. The van der Waals surface area contributed by atoms with E-state index in [2.05, 4.69) is 4.98 Å². The SMILES string of the molecule is CC(N)c1ncc2sccn12. The van der Waals surface area contributed by atoms with Crippen molar-refractivity contribution in [3.63, 3.8) is 0 Å². The molecule has 4 heteroatoms. The van der Waals surface area contributed by atoms with Crippen LogP contribution in [0.4, 0.5) is 0 Å². The van der Waals surface area contributed by atoms with Gasteiger partial charge >= 0.3 is 0 Å². The van der Waals surface area contributed by atoms with Gasteiger partial charge in [-0.25, -0.2) is 4.98 Å². The van der Waals surface area contributed by atoms with Crippen LogP contribution in [0.5, 0.6) is 0 Å². The summed E-state index contributed by atoms with van der Waals surface area (Å²) in [6.07, 6.45) is 3.84. The van der Waals surface area contributed by atoms with Crippen molar-refractivity contribution in [1.82, 2.24) is 9.38 Å². The van der Waals surface area contributed by atoms with Crippen LogP contribution in [-0.2, 0) is 0 Å². The van der Waals surface area contributed by atoms with Crippen molar-refractivity contribution in [2.45, 2.75) is 13.0 Å². The summed E-state index contributed by atoms with van der Waals surface area (Å²) in [5.74, 6) is 0.932. The number of hydrogen-bond donors (Lipinski definition) is 1. The number of hydrogen-bond acceptors (Lipinski definition) is 3. The molecule has 0 aliphatic rings. The largest absolute Gasteiger partial charge is 0.322 e. The fraction of sp³-hybridized carbons (Fsp3) is 0.286. The number of thiazole rings is 1. The van der Waals surface area contributed by atoms with E-state index in [1.807, 2.05) is 29.1 Å². The quantitative estimate of drug-likeness (QED) is 0.698. The van der Waals surface area contributed by atoms with Crippen molar-refractivity contribution in [2.24, 2.45) is 5.73 Å². The molecular formula is C7H9N3S. The molecule has 2 aromatic rings. The van der Waals surface area contributed by atoms with Crippen LogP contribution < -0.4 is 5.73 Å². The molecule has 0 bridgehead atoms. The Kier molecular flexibility index (Phi) is 1.44. The normalized spacial score (nSPS) is 14.0. The molecular weight excluding hydrogens is 158 g/mol. The summed E-state index contributed by atoms with van der Waals surface area (Å²) in [4.78, 5) is 5.35. The maximum absolute atomic E-state index is 5.70. The second-order valence-electron chi connectivity index (χ2n) is 2.52. The zero-order chi connectivity index (χ0) is 7.84. The highest BCUT2D eigenvalue weighted by Gasteiger charge is 2.06. The van der Waals surface area contributed by atoms with E-state index >= 15 is 0 Å². The molecule has 0 spiro atoms. The van der Waals surface area contributed by atoms with Gasteiger partial charge in [-0.2, -0.15) is 0 Å². The van der Waals surface area contributed by atoms with Crippen molar-refractivity contribution >= 4 is 16.2 Å². The number of rotatable bonds is 1. The lowest BCUT2D eigenvalue weighted by Gasteiger charge is -1.99. The average molecular weight is 167 g/mol. The molecule has 2 rings (SSSR count). The van der Waals surface area contributed by atoms with E-state index < -0.39 is 0 Å². The molecule has 2 heterocycles. The van der Waals surface area contributed by atoms with Gasteiger partial charge in [-0.15, -0.1) is 11.3 Å². The molecule has 0 amide bonds. The molecule has 1 unspecified atom stereocenters. The lowest BCUT2D eigenvalue weighted by atomic mass is 10.3. The van der Waals surface area contributed by atoms with Crippen LogP contribution in [0, 0.1) is 0 Å². The number of fused-ring (bicyclic) bond motifs is 1. The van der Waals surface area contributed by atoms with Crippen LogP contribution in [0.25, 0.3) is 4.83 Å². The molecule has 11 heavy (non-hydrogen) atoms. The summed E-state index contributed by atoms with van der Waals surface area (Å²) in [6.45, 7) is 1.94. The van der Waals surface area contributed by atoms with Crippen molar-refractivity contribution < 1.29 is 0 Å². The lowest BCUT2D eigenvalue weighted by Crippen LogP contribution is -2.08. The summed E-state index contributed by atoms with van der Waals surface area (Å²) in [5, 5.41) is 2.03. The Morgan fingerprint density at radius 3 is 3.27 bits per heavy atom. The zero-order valence-corrected chi connectivity index (χ0v) is 7.01. The van der Waals surface area contributed by atoms with E-state index in [9.17, 15) is 0 Å². The molecule has 0 saturated heterocycles. The van der Waals surface area contributed by atoms with Gasteiger partial charge in [0, 0.05) is 11.6 Å². The maximum atomic E-state index is 5.70. The molecule has 1 atom stereocenters. The van der Waals surface area contributed by atoms with Gasteiger partial charge in [0.25, 0.3) is 0 Å². The van der Waals surface area contributed by atoms with Gasteiger partial charge in [-0.1, -0.05) is 0 Å². The molecule has 2 N–H and O–H groups in total. The number of aromatic nitrogens is 2. The second kappa shape index (κ2) is 2.32. The monoisotopic (exact) mass is 167 g/mol. The van der Waals surface area contributed by atoms with Gasteiger partial charge in [0.05, 0.1) is 12.2 Å².